The number of benzene rings is 2. The van der Waals surface area contributed by atoms with Crippen molar-refractivity contribution in [2.24, 2.45) is 4.99 Å². The molecule has 0 radical (unpaired) electrons. The van der Waals surface area contributed by atoms with Crippen molar-refractivity contribution in [2.75, 3.05) is 6.61 Å². The minimum absolute atomic E-state index is 0.142. The molecule has 0 aliphatic rings. The fourth-order valence-electron chi connectivity index (χ4n) is 2.48. The molecule has 2 aromatic carbocycles. The van der Waals surface area contributed by atoms with Crippen molar-refractivity contribution in [3.63, 3.8) is 0 Å². The largest absolute Gasteiger partial charge is 0.465 e. The molecule has 1 aromatic heterocycles. The van der Waals surface area contributed by atoms with Gasteiger partial charge in [-0.15, -0.1) is 0 Å². The quantitative estimate of drug-likeness (QED) is 0.659. The first-order valence-electron chi connectivity index (χ1n) is 8.08. The molecule has 0 aliphatic heterocycles. The molecule has 26 heavy (non-hydrogen) atoms. The summed E-state index contributed by atoms with van der Waals surface area (Å²) < 4.78 is 20.9. The SMILES string of the molecule is CCOC(=O)Cn1c(=NC(=O)c2ccc(C)cc2)sc2c(F)cccc21. The van der Waals surface area contributed by atoms with Crippen LogP contribution in [0.3, 0.4) is 0 Å². The fraction of sp³-hybridized carbons (Fsp3) is 0.211. The molecule has 0 N–H and O–H groups in total. The summed E-state index contributed by atoms with van der Waals surface area (Å²) in [6.07, 6.45) is 0. The Hall–Kier alpha value is -2.80. The van der Waals surface area contributed by atoms with Gasteiger partial charge >= 0.3 is 5.97 Å². The molecule has 0 bridgehead atoms. The zero-order valence-electron chi connectivity index (χ0n) is 14.4. The Bertz CT molecular complexity index is 1040. The number of nitrogens with zero attached hydrogens (tertiary/aromatic N) is 2. The number of rotatable bonds is 4. The Morgan fingerprint density at radius 3 is 2.62 bits per heavy atom. The van der Waals surface area contributed by atoms with Gasteiger partial charge in [0.05, 0.1) is 16.8 Å². The highest BCUT2D eigenvalue weighted by molar-refractivity contribution is 7.16. The highest BCUT2D eigenvalue weighted by atomic mass is 32.1. The summed E-state index contributed by atoms with van der Waals surface area (Å²) >= 11 is 1.03. The van der Waals surface area contributed by atoms with Gasteiger partial charge in [0.15, 0.2) is 4.80 Å². The average Bonchev–Trinajstić information content (AvgIpc) is 2.94. The van der Waals surface area contributed by atoms with E-state index in [-0.39, 0.29) is 18.0 Å². The molecule has 5 nitrogen and oxygen atoms in total. The van der Waals surface area contributed by atoms with Crippen LogP contribution in [0.5, 0.6) is 0 Å². The Balaban J connectivity index is 2.11. The summed E-state index contributed by atoms with van der Waals surface area (Å²) in [6.45, 7) is 3.73. The van der Waals surface area contributed by atoms with E-state index in [4.69, 9.17) is 4.74 Å². The molecule has 0 saturated heterocycles. The van der Waals surface area contributed by atoms with Crippen LogP contribution in [0.2, 0.25) is 0 Å². The lowest BCUT2D eigenvalue weighted by atomic mass is 10.1. The lowest BCUT2D eigenvalue weighted by Crippen LogP contribution is -2.23. The number of ether oxygens (including phenoxy) is 1. The van der Waals surface area contributed by atoms with Gasteiger partial charge in [0.1, 0.15) is 12.4 Å². The van der Waals surface area contributed by atoms with Crippen LogP contribution in [0, 0.1) is 12.7 Å². The number of amides is 1. The van der Waals surface area contributed by atoms with Crippen LogP contribution in [0.4, 0.5) is 4.39 Å². The predicted octanol–water partition coefficient (Wildman–Crippen LogP) is 3.45. The molecule has 0 aliphatic carbocycles. The maximum absolute atomic E-state index is 14.1. The van der Waals surface area contributed by atoms with Crippen LogP contribution < -0.4 is 4.80 Å². The molecule has 3 aromatic rings. The number of aromatic nitrogens is 1. The maximum atomic E-state index is 14.1. The number of hydrogen-bond donors (Lipinski definition) is 0. The van der Waals surface area contributed by atoms with Gasteiger partial charge in [-0.2, -0.15) is 4.99 Å². The van der Waals surface area contributed by atoms with E-state index in [2.05, 4.69) is 4.99 Å². The molecule has 0 spiro atoms. The van der Waals surface area contributed by atoms with Gasteiger partial charge in [0.25, 0.3) is 5.91 Å². The normalized spacial score (nSPS) is 11.7. The first kappa shape index (κ1) is 18.0. The smallest absolute Gasteiger partial charge is 0.326 e. The van der Waals surface area contributed by atoms with Gasteiger partial charge in [-0.25, -0.2) is 4.39 Å². The summed E-state index contributed by atoms with van der Waals surface area (Å²) in [4.78, 5) is 28.8. The minimum Gasteiger partial charge on any atom is -0.465 e. The lowest BCUT2D eigenvalue weighted by molar-refractivity contribution is -0.143. The van der Waals surface area contributed by atoms with E-state index >= 15 is 0 Å². The van der Waals surface area contributed by atoms with Crippen LogP contribution >= 0.6 is 11.3 Å². The van der Waals surface area contributed by atoms with E-state index in [0.29, 0.717) is 15.8 Å². The van der Waals surface area contributed by atoms with Crippen molar-refractivity contribution in [3.8, 4) is 0 Å². The Morgan fingerprint density at radius 2 is 1.92 bits per heavy atom. The third-order valence-electron chi connectivity index (χ3n) is 3.75. The monoisotopic (exact) mass is 372 g/mol. The van der Waals surface area contributed by atoms with E-state index in [1.807, 2.05) is 19.1 Å². The number of esters is 1. The Morgan fingerprint density at radius 1 is 1.19 bits per heavy atom. The molecular weight excluding hydrogens is 355 g/mol. The highest BCUT2D eigenvalue weighted by Gasteiger charge is 2.15. The van der Waals surface area contributed by atoms with Crippen molar-refractivity contribution in [2.45, 2.75) is 20.4 Å². The third kappa shape index (κ3) is 3.72. The number of carbonyl (C=O) groups is 2. The molecule has 1 amide bonds. The van der Waals surface area contributed by atoms with E-state index in [1.165, 1.54) is 10.6 Å². The molecule has 7 heteroatoms. The molecule has 3 rings (SSSR count). The molecule has 0 atom stereocenters. The van der Waals surface area contributed by atoms with Gasteiger partial charge in [-0.3, -0.25) is 9.59 Å². The zero-order chi connectivity index (χ0) is 18.7. The molecule has 0 saturated carbocycles. The Labute approximate surface area is 153 Å². The highest BCUT2D eigenvalue weighted by Crippen LogP contribution is 2.21. The van der Waals surface area contributed by atoms with Gasteiger partial charge < -0.3 is 9.30 Å². The second-order valence-electron chi connectivity index (χ2n) is 5.65. The van der Waals surface area contributed by atoms with Crippen LogP contribution in [0.1, 0.15) is 22.8 Å². The predicted molar refractivity (Wildman–Crippen MR) is 97.5 cm³/mol. The van der Waals surface area contributed by atoms with Crippen molar-refractivity contribution >= 4 is 33.4 Å². The number of fused-ring (bicyclic) bond motifs is 1. The average molecular weight is 372 g/mol. The molecule has 1 heterocycles. The fourth-order valence-corrected chi connectivity index (χ4v) is 3.51. The molecular formula is C19H17FN2O3S. The van der Waals surface area contributed by atoms with Crippen molar-refractivity contribution in [3.05, 3.63) is 64.2 Å². The summed E-state index contributed by atoms with van der Waals surface area (Å²) in [5.74, 6) is -1.34. The van der Waals surface area contributed by atoms with E-state index in [9.17, 15) is 14.0 Å². The first-order chi connectivity index (χ1) is 12.5. The lowest BCUT2D eigenvalue weighted by Gasteiger charge is -2.05. The van der Waals surface area contributed by atoms with Crippen molar-refractivity contribution in [1.82, 2.24) is 4.57 Å². The van der Waals surface area contributed by atoms with Crippen molar-refractivity contribution in [1.29, 1.82) is 0 Å². The van der Waals surface area contributed by atoms with Gasteiger partial charge in [0, 0.05) is 5.56 Å². The van der Waals surface area contributed by atoms with E-state index in [0.717, 1.165) is 16.9 Å². The number of aryl methyl sites for hydroxylation is 1. The van der Waals surface area contributed by atoms with Gasteiger partial charge in [0.2, 0.25) is 0 Å². The Kier molecular flexibility index (Phi) is 5.27. The van der Waals surface area contributed by atoms with Crippen molar-refractivity contribution < 1.29 is 18.7 Å². The molecule has 134 valence electrons. The van der Waals surface area contributed by atoms with E-state index in [1.54, 1.807) is 31.2 Å². The standard InChI is InChI=1S/C19H17FN2O3S/c1-3-25-16(23)11-22-15-6-4-5-14(20)17(15)26-19(22)21-18(24)13-9-7-12(2)8-10-13/h4-10H,3,11H2,1-2H3. The summed E-state index contributed by atoms with van der Waals surface area (Å²) in [5.41, 5.74) is 1.96. The van der Waals surface area contributed by atoms with Gasteiger partial charge in [-0.05, 0) is 38.1 Å². The number of thiazole rings is 1. The molecule has 0 unspecified atom stereocenters. The summed E-state index contributed by atoms with van der Waals surface area (Å²) in [6, 6.07) is 11.6. The zero-order valence-corrected chi connectivity index (χ0v) is 15.2. The second-order valence-corrected chi connectivity index (χ2v) is 6.62. The number of hydrogen-bond acceptors (Lipinski definition) is 4. The van der Waals surface area contributed by atoms with Crippen LogP contribution in [-0.4, -0.2) is 23.1 Å². The van der Waals surface area contributed by atoms with Gasteiger partial charge in [-0.1, -0.05) is 35.1 Å². The first-order valence-corrected chi connectivity index (χ1v) is 8.90. The number of halogens is 1. The second kappa shape index (κ2) is 7.61. The third-order valence-corrected chi connectivity index (χ3v) is 4.85. The maximum Gasteiger partial charge on any atom is 0.326 e. The van der Waals surface area contributed by atoms with Crippen LogP contribution in [-0.2, 0) is 16.1 Å². The van der Waals surface area contributed by atoms with E-state index < -0.39 is 17.7 Å². The number of carbonyl (C=O) groups excluding carboxylic acids is 2. The topological polar surface area (TPSA) is 60.7 Å². The van der Waals surface area contributed by atoms with Crippen LogP contribution in [0.25, 0.3) is 10.2 Å². The minimum atomic E-state index is -0.472. The summed E-state index contributed by atoms with van der Waals surface area (Å²) in [5, 5.41) is 0. The van der Waals surface area contributed by atoms with Crippen LogP contribution in [0.15, 0.2) is 47.5 Å². The summed E-state index contributed by atoms with van der Waals surface area (Å²) in [7, 11) is 0. The molecule has 0 fully saturated rings.